The van der Waals surface area contributed by atoms with Gasteiger partial charge in [-0.05, 0) is 11.6 Å². The van der Waals surface area contributed by atoms with Crippen LogP contribution in [0.25, 0.3) is 0 Å². The van der Waals surface area contributed by atoms with Gasteiger partial charge in [0, 0.05) is 19.2 Å². The molecule has 1 fully saturated rings. The third-order valence-corrected chi connectivity index (χ3v) is 2.85. The average Bonchev–Trinajstić information content (AvgIpc) is 2.81. The number of hydrogen-bond donors (Lipinski definition) is 2. The molecule has 3 N–H and O–H groups in total. The fourth-order valence-corrected chi connectivity index (χ4v) is 1.84. The summed E-state index contributed by atoms with van der Waals surface area (Å²) in [5.41, 5.74) is 6.06. The molecule has 0 unspecified atom stereocenters. The maximum absolute atomic E-state index is 11.3. The number of pyridine rings is 1. The van der Waals surface area contributed by atoms with Crippen LogP contribution in [0.15, 0.2) is 12.3 Å². The van der Waals surface area contributed by atoms with Crippen LogP contribution in [-0.4, -0.2) is 36.6 Å². The second-order valence-corrected chi connectivity index (χ2v) is 4.15. The summed E-state index contributed by atoms with van der Waals surface area (Å²) in [6.07, 6.45) is 2.18. The zero-order valence-corrected chi connectivity index (χ0v) is 10.5. The van der Waals surface area contributed by atoms with E-state index in [1.165, 1.54) is 13.3 Å². The van der Waals surface area contributed by atoms with Crippen LogP contribution in [0.3, 0.4) is 0 Å². The Kier molecular flexibility index (Phi) is 3.96. The number of rotatable bonds is 5. The number of nitrogens with two attached hydrogens (primary N) is 1. The Balaban J connectivity index is 2.04. The van der Waals surface area contributed by atoms with E-state index < -0.39 is 5.91 Å². The summed E-state index contributed by atoms with van der Waals surface area (Å²) >= 11 is 0. The van der Waals surface area contributed by atoms with Gasteiger partial charge in [0.1, 0.15) is 6.04 Å². The molecule has 102 valence electrons. The van der Waals surface area contributed by atoms with Gasteiger partial charge < -0.3 is 20.5 Å². The number of nitrogens with zero attached hydrogens (tertiary/aromatic N) is 1. The highest BCUT2D eigenvalue weighted by atomic mass is 16.5. The monoisotopic (exact) mass is 265 g/mol. The third-order valence-electron chi connectivity index (χ3n) is 2.85. The van der Waals surface area contributed by atoms with Gasteiger partial charge in [-0.15, -0.1) is 0 Å². The molecule has 7 heteroatoms. The van der Waals surface area contributed by atoms with E-state index >= 15 is 0 Å². The lowest BCUT2D eigenvalue weighted by atomic mass is 10.2. The first-order valence-electron chi connectivity index (χ1n) is 5.84. The lowest BCUT2D eigenvalue weighted by molar-refractivity contribution is -0.139. The Morgan fingerprint density at radius 1 is 1.68 bits per heavy atom. The lowest BCUT2D eigenvalue weighted by Gasteiger charge is -2.10. The van der Waals surface area contributed by atoms with Crippen molar-refractivity contribution in [1.29, 1.82) is 0 Å². The number of aromatic nitrogens is 1. The highest BCUT2D eigenvalue weighted by Gasteiger charge is 2.25. The minimum atomic E-state index is -0.643. The molecule has 1 amide bonds. The van der Waals surface area contributed by atoms with Crippen molar-refractivity contribution in [1.82, 2.24) is 10.3 Å². The Labute approximate surface area is 110 Å². The van der Waals surface area contributed by atoms with E-state index in [0.717, 1.165) is 5.56 Å². The van der Waals surface area contributed by atoms with Gasteiger partial charge in [0.2, 0.25) is 0 Å². The molecule has 7 nitrogen and oxygen atoms in total. The Morgan fingerprint density at radius 3 is 3.05 bits per heavy atom. The maximum Gasteiger partial charge on any atom is 0.323 e. The van der Waals surface area contributed by atoms with Crippen molar-refractivity contribution in [2.24, 2.45) is 5.73 Å². The lowest BCUT2D eigenvalue weighted by Crippen LogP contribution is -2.32. The maximum atomic E-state index is 11.3. The van der Waals surface area contributed by atoms with Crippen molar-refractivity contribution in [2.45, 2.75) is 19.0 Å². The molecule has 0 saturated carbocycles. The number of hydrogen-bond acceptors (Lipinski definition) is 6. The summed E-state index contributed by atoms with van der Waals surface area (Å²) in [5.74, 6) is -0.565. The Hall–Kier alpha value is -2.15. The molecule has 0 bridgehead atoms. The molecular formula is C12H15N3O4. The van der Waals surface area contributed by atoms with Crippen LogP contribution in [0, 0.1) is 0 Å². The molecule has 0 radical (unpaired) electrons. The molecule has 1 saturated heterocycles. The van der Waals surface area contributed by atoms with Gasteiger partial charge in [0.05, 0.1) is 13.7 Å². The van der Waals surface area contributed by atoms with E-state index in [4.69, 9.17) is 15.2 Å². The molecule has 0 aliphatic carbocycles. The molecule has 1 aliphatic heterocycles. The zero-order chi connectivity index (χ0) is 13.8. The van der Waals surface area contributed by atoms with Gasteiger partial charge >= 0.3 is 5.97 Å². The molecule has 1 aromatic heterocycles. The first-order valence-corrected chi connectivity index (χ1v) is 5.84. The van der Waals surface area contributed by atoms with Crippen LogP contribution < -0.4 is 15.8 Å². The molecular weight excluding hydrogens is 250 g/mol. The predicted octanol–water partition coefficient (Wildman–Crippen LogP) is -0.406. The fourth-order valence-electron chi connectivity index (χ4n) is 1.84. The molecule has 0 aromatic carbocycles. The first-order chi connectivity index (χ1) is 9.11. The fraction of sp³-hybridized carbons (Fsp3) is 0.417. The highest BCUT2D eigenvalue weighted by molar-refractivity contribution is 5.93. The van der Waals surface area contributed by atoms with Crippen molar-refractivity contribution in [3.05, 3.63) is 23.5 Å². The van der Waals surface area contributed by atoms with Gasteiger partial charge in [-0.3, -0.25) is 9.59 Å². The predicted molar refractivity (Wildman–Crippen MR) is 65.5 cm³/mol. The number of ether oxygens (including phenoxy) is 2. The van der Waals surface area contributed by atoms with Crippen LogP contribution in [0.4, 0.5) is 0 Å². The Bertz CT molecular complexity index is 504. The molecule has 1 aliphatic rings. The topological polar surface area (TPSA) is 104 Å². The summed E-state index contributed by atoms with van der Waals surface area (Å²) in [4.78, 5) is 26.3. The molecule has 2 heterocycles. The number of carbonyl (C=O) groups excluding carboxylic acids is 2. The molecule has 1 atom stereocenters. The third kappa shape index (κ3) is 3.00. The number of cyclic esters (lactones) is 1. The van der Waals surface area contributed by atoms with Gasteiger partial charge in [-0.1, -0.05) is 0 Å². The van der Waals surface area contributed by atoms with Crippen LogP contribution in [0.1, 0.15) is 22.5 Å². The van der Waals surface area contributed by atoms with Gasteiger partial charge in [0.25, 0.3) is 5.91 Å². The number of amides is 1. The van der Waals surface area contributed by atoms with Crippen LogP contribution >= 0.6 is 0 Å². The van der Waals surface area contributed by atoms with Crippen molar-refractivity contribution in [3.63, 3.8) is 0 Å². The van der Waals surface area contributed by atoms with Crippen molar-refractivity contribution < 1.29 is 19.1 Å². The SMILES string of the molecule is COc1cc(CN[C@H]2CCOC2=O)cnc1C(N)=O. The summed E-state index contributed by atoms with van der Waals surface area (Å²) in [6.45, 7) is 0.876. The van der Waals surface area contributed by atoms with Gasteiger partial charge in [-0.2, -0.15) is 0 Å². The van der Waals surface area contributed by atoms with Crippen LogP contribution in [0.2, 0.25) is 0 Å². The summed E-state index contributed by atoms with van der Waals surface area (Å²) in [5, 5.41) is 3.06. The zero-order valence-electron chi connectivity index (χ0n) is 10.5. The minimum Gasteiger partial charge on any atom is -0.494 e. The first kappa shape index (κ1) is 13.3. The normalized spacial score (nSPS) is 18.2. The smallest absolute Gasteiger partial charge is 0.323 e. The number of carbonyl (C=O) groups is 2. The number of esters is 1. The van der Waals surface area contributed by atoms with Crippen LogP contribution in [-0.2, 0) is 16.1 Å². The largest absolute Gasteiger partial charge is 0.494 e. The summed E-state index contributed by atoms with van der Waals surface area (Å²) in [7, 11) is 1.44. The van der Waals surface area contributed by atoms with Gasteiger partial charge in [-0.25, -0.2) is 4.98 Å². The van der Waals surface area contributed by atoms with Crippen molar-refractivity contribution in [3.8, 4) is 5.75 Å². The van der Waals surface area contributed by atoms with E-state index in [9.17, 15) is 9.59 Å². The van der Waals surface area contributed by atoms with Crippen molar-refractivity contribution in [2.75, 3.05) is 13.7 Å². The molecule has 1 aromatic rings. The second-order valence-electron chi connectivity index (χ2n) is 4.15. The summed E-state index contributed by atoms with van der Waals surface area (Å²) in [6, 6.07) is 1.38. The van der Waals surface area contributed by atoms with Gasteiger partial charge in [0.15, 0.2) is 11.4 Å². The van der Waals surface area contributed by atoms with E-state index in [0.29, 0.717) is 25.3 Å². The molecule has 2 rings (SSSR count). The van der Waals surface area contributed by atoms with E-state index in [2.05, 4.69) is 10.3 Å². The van der Waals surface area contributed by atoms with E-state index in [-0.39, 0.29) is 17.7 Å². The molecule has 0 spiro atoms. The highest BCUT2D eigenvalue weighted by Crippen LogP contribution is 2.17. The Morgan fingerprint density at radius 2 is 2.47 bits per heavy atom. The van der Waals surface area contributed by atoms with Crippen LogP contribution in [0.5, 0.6) is 5.75 Å². The van der Waals surface area contributed by atoms with E-state index in [1.54, 1.807) is 6.07 Å². The standard InChI is InChI=1S/C12H15N3O4/c1-18-9-4-7(6-15-10(9)11(13)16)5-14-8-2-3-19-12(8)17/h4,6,8,14H,2-3,5H2,1H3,(H2,13,16)/t8-/m0/s1. The molecule has 19 heavy (non-hydrogen) atoms. The second kappa shape index (κ2) is 5.66. The van der Waals surface area contributed by atoms with Crippen molar-refractivity contribution >= 4 is 11.9 Å². The summed E-state index contributed by atoms with van der Waals surface area (Å²) < 4.78 is 9.90. The number of primary amides is 1. The van der Waals surface area contributed by atoms with E-state index in [1.807, 2.05) is 0 Å². The average molecular weight is 265 g/mol. The number of methoxy groups -OCH3 is 1. The quantitative estimate of drug-likeness (QED) is 0.702. The number of nitrogens with one attached hydrogen (secondary N) is 1. The minimum absolute atomic E-state index is 0.0894.